The smallest absolute Gasteiger partial charge is 0.261 e. The Labute approximate surface area is 177 Å². The van der Waals surface area contributed by atoms with E-state index in [1.807, 2.05) is 61.5 Å². The number of hydrogen-bond donors (Lipinski definition) is 0. The van der Waals surface area contributed by atoms with Gasteiger partial charge in [0.15, 0.2) is 0 Å². The van der Waals surface area contributed by atoms with Crippen molar-refractivity contribution in [1.29, 1.82) is 0 Å². The lowest BCUT2D eigenvalue weighted by Gasteiger charge is -2.12. The van der Waals surface area contributed by atoms with Crippen molar-refractivity contribution >= 4 is 33.3 Å². The molecule has 4 nitrogen and oxygen atoms in total. The van der Waals surface area contributed by atoms with Crippen molar-refractivity contribution in [3.63, 3.8) is 0 Å². The molecule has 0 saturated carbocycles. The number of ether oxygens (including phenoxy) is 1. The molecule has 1 aliphatic heterocycles. The predicted octanol–water partition coefficient (Wildman–Crippen LogP) is 5.94. The van der Waals surface area contributed by atoms with Crippen molar-refractivity contribution in [2.24, 2.45) is 0 Å². The fraction of sp³-hybridized carbons (Fsp3) is 0.0833. The molecule has 0 fully saturated rings. The maximum Gasteiger partial charge on any atom is 0.261 e. The molecule has 0 atom stereocenters. The minimum atomic E-state index is -0.243. The number of fused-ring (bicyclic) bond motifs is 1. The van der Waals surface area contributed by atoms with Crippen molar-refractivity contribution in [2.75, 3.05) is 6.54 Å². The van der Waals surface area contributed by atoms with Crippen LogP contribution >= 0.6 is 15.9 Å². The van der Waals surface area contributed by atoms with Crippen LogP contribution in [0.5, 0.6) is 11.5 Å². The van der Waals surface area contributed by atoms with Crippen LogP contribution < -0.4 is 4.74 Å². The largest absolute Gasteiger partial charge is 0.457 e. The summed E-state index contributed by atoms with van der Waals surface area (Å²) in [7, 11) is 0. The lowest BCUT2D eigenvalue weighted by molar-refractivity contribution is 0.0672. The zero-order valence-corrected chi connectivity index (χ0v) is 17.3. The third-order valence-corrected chi connectivity index (χ3v) is 5.35. The molecule has 0 aromatic heterocycles. The van der Waals surface area contributed by atoms with Gasteiger partial charge in [-0.2, -0.15) is 0 Å². The highest BCUT2D eigenvalue weighted by Crippen LogP contribution is 2.26. The SMILES string of the molecule is CC(=CCN1C(=O)c2ccccc2C1=O)c1ccc(Oc2ccc(Br)cc2)cc1. The summed E-state index contributed by atoms with van der Waals surface area (Å²) in [4.78, 5) is 26.2. The Kier molecular flexibility index (Phi) is 5.32. The zero-order chi connectivity index (χ0) is 20.4. The third-order valence-electron chi connectivity index (χ3n) is 4.82. The van der Waals surface area contributed by atoms with Crippen LogP contribution in [0.2, 0.25) is 0 Å². The number of imide groups is 1. The summed E-state index contributed by atoms with van der Waals surface area (Å²) < 4.78 is 6.83. The van der Waals surface area contributed by atoms with Crippen LogP contribution in [0.15, 0.2) is 83.3 Å². The topological polar surface area (TPSA) is 46.6 Å². The molecule has 1 aliphatic rings. The van der Waals surface area contributed by atoms with Gasteiger partial charge in [-0.05, 0) is 66.6 Å². The molecule has 0 spiro atoms. The average Bonchev–Trinajstić information content (AvgIpc) is 2.99. The van der Waals surface area contributed by atoms with E-state index in [0.717, 1.165) is 27.1 Å². The monoisotopic (exact) mass is 447 g/mol. The van der Waals surface area contributed by atoms with Crippen LogP contribution in [-0.4, -0.2) is 23.3 Å². The van der Waals surface area contributed by atoms with Gasteiger partial charge >= 0.3 is 0 Å². The Morgan fingerprint density at radius 3 is 1.93 bits per heavy atom. The lowest BCUT2D eigenvalue weighted by Crippen LogP contribution is -2.29. The maximum absolute atomic E-state index is 12.5. The summed E-state index contributed by atoms with van der Waals surface area (Å²) in [6.07, 6.45) is 1.90. The molecule has 0 N–H and O–H groups in total. The molecule has 29 heavy (non-hydrogen) atoms. The molecule has 144 valence electrons. The Balaban J connectivity index is 1.44. The van der Waals surface area contributed by atoms with Gasteiger partial charge in [0.05, 0.1) is 11.1 Å². The summed E-state index contributed by atoms with van der Waals surface area (Å²) >= 11 is 3.40. The van der Waals surface area contributed by atoms with Crippen LogP contribution in [-0.2, 0) is 0 Å². The Bertz CT molecular complexity index is 1070. The van der Waals surface area contributed by atoms with E-state index in [1.165, 1.54) is 4.90 Å². The van der Waals surface area contributed by atoms with Crippen LogP contribution in [0, 0.1) is 0 Å². The van der Waals surface area contributed by atoms with E-state index in [9.17, 15) is 9.59 Å². The molecule has 0 bridgehead atoms. The van der Waals surface area contributed by atoms with Crippen molar-refractivity contribution in [3.05, 3.63) is 100 Å². The van der Waals surface area contributed by atoms with Crippen LogP contribution in [0.4, 0.5) is 0 Å². The van der Waals surface area contributed by atoms with Gasteiger partial charge in [-0.1, -0.05) is 46.3 Å². The Morgan fingerprint density at radius 1 is 0.862 bits per heavy atom. The first-order valence-corrected chi connectivity index (χ1v) is 9.98. The molecule has 2 amide bonds. The van der Waals surface area contributed by atoms with E-state index in [0.29, 0.717) is 11.1 Å². The van der Waals surface area contributed by atoms with E-state index < -0.39 is 0 Å². The standard InChI is InChI=1S/C24H18BrNO3/c1-16(14-15-26-23(27)21-4-2-3-5-22(21)24(26)28)17-6-10-19(11-7-17)29-20-12-8-18(25)9-13-20/h2-14H,15H2,1H3. The van der Waals surface area contributed by atoms with Crippen LogP contribution in [0.25, 0.3) is 5.57 Å². The van der Waals surface area contributed by atoms with E-state index in [4.69, 9.17) is 4.74 Å². The molecular formula is C24H18BrNO3. The number of halogens is 1. The van der Waals surface area contributed by atoms with E-state index in [-0.39, 0.29) is 18.4 Å². The quantitative estimate of drug-likeness (QED) is 0.454. The molecule has 0 aliphatic carbocycles. The third kappa shape index (κ3) is 4.00. The van der Waals surface area contributed by atoms with Gasteiger partial charge in [0.25, 0.3) is 11.8 Å². The summed E-state index contributed by atoms with van der Waals surface area (Å²) in [5.41, 5.74) is 2.93. The number of nitrogens with zero attached hydrogens (tertiary/aromatic N) is 1. The van der Waals surface area contributed by atoms with E-state index >= 15 is 0 Å². The second-order valence-electron chi connectivity index (χ2n) is 6.73. The fourth-order valence-electron chi connectivity index (χ4n) is 3.18. The zero-order valence-electron chi connectivity index (χ0n) is 15.8. The highest BCUT2D eigenvalue weighted by Gasteiger charge is 2.34. The minimum absolute atomic E-state index is 0.243. The number of carbonyl (C=O) groups is 2. The molecule has 0 radical (unpaired) electrons. The molecule has 3 aromatic rings. The highest BCUT2D eigenvalue weighted by molar-refractivity contribution is 9.10. The molecular weight excluding hydrogens is 430 g/mol. The average molecular weight is 448 g/mol. The molecule has 4 rings (SSSR count). The summed E-state index contributed by atoms with van der Waals surface area (Å²) in [6.45, 7) is 2.21. The van der Waals surface area contributed by atoms with Crippen molar-refractivity contribution in [1.82, 2.24) is 4.90 Å². The maximum atomic E-state index is 12.5. The molecule has 0 unspecified atom stereocenters. The number of rotatable bonds is 5. The number of allylic oxidation sites excluding steroid dienone is 1. The first kappa shape index (κ1) is 19.2. The van der Waals surface area contributed by atoms with Crippen LogP contribution in [0.1, 0.15) is 33.2 Å². The number of carbonyl (C=O) groups excluding carboxylic acids is 2. The number of hydrogen-bond acceptors (Lipinski definition) is 3. The van der Waals surface area contributed by atoms with Gasteiger partial charge in [-0.15, -0.1) is 0 Å². The van der Waals surface area contributed by atoms with Gasteiger partial charge < -0.3 is 4.74 Å². The van der Waals surface area contributed by atoms with Crippen molar-refractivity contribution < 1.29 is 14.3 Å². The van der Waals surface area contributed by atoms with Crippen molar-refractivity contribution in [2.45, 2.75) is 6.92 Å². The highest BCUT2D eigenvalue weighted by atomic mass is 79.9. The minimum Gasteiger partial charge on any atom is -0.457 e. The van der Waals surface area contributed by atoms with Crippen molar-refractivity contribution in [3.8, 4) is 11.5 Å². The predicted molar refractivity (Wildman–Crippen MR) is 116 cm³/mol. The fourth-order valence-corrected chi connectivity index (χ4v) is 3.44. The second-order valence-corrected chi connectivity index (χ2v) is 7.65. The van der Waals surface area contributed by atoms with Gasteiger partial charge in [0.1, 0.15) is 11.5 Å². The number of amides is 2. The van der Waals surface area contributed by atoms with Gasteiger partial charge in [-0.25, -0.2) is 0 Å². The van der Waals surface area contributed by atoms with Gasteiger partial charge in [-0.3, -0.25) is 14.5 Å². The van der Waals surface area contributed by atoms with E-state index in [2.05, 4.69) is 15.9 Å². The summed E-state index contributed by atoms with van der Waals surface area (Å²) in [5, 5.41) is 0. The lowest BCUT2D eigenvalue weighted by atomic mass is 10.1. The Hall–Kier alpha value is -3.18. The van der Waals surface area contributed by atoms with Gasteiger partial charge in [0, 0.05) is 11.0 Å². The molecule has 3 aromatic carbocycles. The normalized spacial score (nSPS) is 13.6. The van der Waals surface area contributed by atoms with Gasteiger partial charge in [0.2, 0.25) is 0 Å². The summed E-state index contributed by atoms with van der Waals surface area (Å²) in [6, 6.07) is 22.3. The first-order chi connectivity index (χ1) is 14.0. The summed E-state index contributed by atoms with van der Waals surface area (Å²) in [5.74, 6) is 1.02. The first-order valence-electron chi connectivity index (χ1n) is 9.19. The molecule has 0 saturated heterocycles. The Morgan fingerprint density at radius 2 is 1.38 bits per heavy atom. The van der Waals surface area contributed by atoms with Crippen LogP contribution in [0.3, 0.4) is 0 Å². The molecule has 1 heterocycles. The molecule has 5 heteroatoms. The number of benzene rings is 3. The van der Waals surface area contributed by atoms with E-state index in [1.54, 1.807) is 24.3 Å². The second kappa shape index (κ2) is 8.05.